The van der Waals surface area contributed by atoms with Gasteiger partial charge in [0.1, 0.15) is 5.69 Å². The first-order chi connectivity index (χ1) is 15.4. The molecule has 0 atom stereocenters. The van der Waals surface area contributed by atoms with E-state index >= 15 is 0 Å². The van der Waals surface area contributed by atoms with Gasteiger partial charge in [0.15, 0.2) is 5.69 Å². The average Bonchev–Trinajstić information content (AvgIpc) is 3.27. The largest absolute Gasteiger partial charge is 0.469 e. The lowest BCUT2D eigenvalue weighted by molar-refractivity contribution is -0.142. The number of rotatable bonds is 5. The van der Waals surface area contributed by atoms with E-state index in [2.05, 4.69) is 15.2 Å². The predicted octanol–water partition coefficient (Wildman–Crippen LogP) is 2.26. The first-order valence-electron chi connectivity index (χ1n) is 10.7. The van der Waals surface area contributed by atoms with Crippen LogP contribution < -0.4 is 0 Å². The molecule has 5 rings (SSSR count). The second-order valence-electron chi connectivity index (χ2n) is 8.62. The fourth-order valence-electron chi connectivity index (χ4n) is 4.49. The molecule has 2 N–H and O–H groups in total. The minimum atomic E-state index is -0.509. The SMILES string of the molecule is COC(=O)CC1(N(C)C(=O)c2n[nH]c3c2CN(C(=O)c2cc4ccccc4[nH]2)CC3)CC1. The molecule has 0 radical (unpaired) electrons. The number of hydrogen-bond acceptors (Lipinski definition) is 5. The van der Waals surface area contributed by atoms with E-state index in [-0.39, 0.29) is 24.2 Å². The first-order valence-corrected chi connectivity index (χ1v) is 10.7. The Morgan fingerprint density at radius 1 is 1.25 bits per heavy atom. The van der Waals surface area contributed by atoms with Crippen molar-refractivity contribution in [1.29, 1.82) is 0 Å². The van der Waals surface area contributed by atoms with Gasteiger partial charge >= 0.3 is 5.97 Å². The molecule has 1 fully saturated rings. The highest BCUT2D eigenvalue weighted by Crippen LogP contribution is 2.45. The first kappa shape index (κ1) is 20.3. The summed E-state index contributed by atoms with van der Waals surface area (Å²) in [6.45, 7) is 0.845. The number of para-hydroxylation sites is 1. The number of carbonyl (C=O) groups excluding carboxylic acids is 3. The number of methoxy groups -OCH3 is 1. The predicted molar refractivity (Wildman–Crippen MR) is 116 cm³/mol. The van der Waals surface area contributed by atoms with E-state index in [1.165, 1.54) is 7.11 Å². The Bertz CT molecular complexity index is 1190. The summed E-state index contributed by atoms with van der Waals surface area (Å²) in [5.41, 5.74) is 2.86. The summed E-state index contributed by atoms with van der Waals surface area (Å²) >= 11 is 0. The van der Waals surface area contributed by atoms with E-state index in [0.29, 0.717) is 30.9 Å². The second-order valence-corrected chi connectivity index (χ2v) is 8.62. The lowest BCUT2D eigenvalue weighted by atomic mass is 10.0. The number of aromatic nitrogens is 3. The average molecular weight is 435 g/mol. The number of ether oxygens (including phenoxy) is 1. The second kappa shape index (κ2) is 7.51. The molecule has 1 aliphatic heterocycles. The molecule has 3 aromatic rings. The van der Waals surface area contributed by atoms with Crippen LogP contribution in [0.5, 0.6) is 0 Å². The molecule has 1 aliphatic carbocycles. The molecule has 3 heterocycles. The minimum absolute atomic E-state index is 0.107. The summed E-state index contributed by atoms with van der Waals surface area (Å²) in [5, 5.41) is 8.24. The van der Waals surface area contributed by atoms with Crippen LogP contribution in [0.4, 0.5) is 0 Å². The van der Waals surface area contributed by atoms with E-state index in [9.17, 15) is 14.4 Å². The molecule has 2 amide bonds. The number of H-pyrrole nitrogens is 2. The number of amides is 2. The zero-order chi connectivity index (χ0) is 22.5. The molecular formula is C23H25N5O4. The fraction of sp³-hybridized carbons (Fsp3) is 0.391. The third-order valence-corrected chi connectivity index (χ3v) is 6.73. The molecule has 1 saturated carbocycles. The van der Waals surface area contributed by atoms with Crippen LogP contribution in [0.2, 0.25) is 0 Å². The minimum Gasteiger partial charge on any atom is -0.469 e. The van der Waals surface area contributed by atoms with Crippen LogP contribution in [0.15, 0.2) is 30.3 Å². The molecule has 32 heavy (non-hydrogen) atoms. The van der Waals surface area contributed by atoms with Crippen LogP contribution in [0.1, 0.15) is 51.5 Å². The van der Waals surface area contributed by atoms with Gasteiger partial charge in [0.05, 0.1) is 25.6 Å². The Balaban J connectivity index is 1.36. The molecule has 0 unspecified atom stereocenters. The lowest BCUT2D eigenvalue weighted by Gasteiger charge is -2.29. The van der Waals surface area contributed by atoms with Crippen LogP contribution in [0.25, 0.3) is 10.9 Å². The molecular weight excluding hydrogens is 410 g/mol. The zero-order valence-corrected chi connectivity index (χ0v) is 18.1. The van der Waals surface area contributed by atoms with Crippen molar-refractivity contribution < 1.29 is 19.1 Å². The molecule has 0 saturated heterocycles. The van der Waals surface area contributed by atoms with Crippen LogP contribution in [0.3, 0.4) is 0 Å². The molecule has 2 aliphatic rings. The quantitative estimate of drug-likeness (QED) is 0.597. The smallest absolute Gasteiger partial charge is 0.307 e. The standard InChI is InChI=1S/C23H25N5O4/c1-27(23(8-9-23)12-19(29)32-2)22(31)20-15-13-28(10-7-17(15)25-26-20)21(30)18-11-14-5-3-4-6-16(14)24-18/h3-6,11,24H,7-10,12-13H2,1-2H3,(H,25,26). The van der Waals surface area contributed by atoms with Gasteiger partial charge in [0, 0.05) is 42.2 Å². The normalized spacial score (nSPS) is 16.5. The monoisotopic (exact) mass is 435 g/mol. The van der Waals surface area contributed by atoms with Crippen molar-refractivity contribution in [1.82, 2.24) is 25.0 Å². The number of hydrogen-bond donors (Lipinski definition) is 2. The summed E-state index contributed by atoms with van der Waals surface area (Å²) in [4.78, 5) is 44.8. The Hall–Kier alpha value is -3.62. The molecule has 9 heteroatoms. The Kier molecular flexibility index (Phi) is 4.76. The third-order valence-electron chi connectivity index (χ3n) is 6.73. The maximum atomic E-state index is 13.3. The topological polar surface area (TPSA) is 111 Å². The van der Waals surface area contributed by atoms with Crippen LogP contribution in [0, 0.1) is 0 Å². The van der Waals surface area contributed by atoms with Gasteiger partial charge in [-0.2, -0.15) is 5.10 Å². The summed E-state index contributed by atoms with van der Waals surface area (Å²) in [7, 11) is 3.05. The number of carbonyl (C=O) groups is 3. The maximum Gasteiger partial charge on any atom is 0.307 e. The van der Waals surface area contributed by atoms with Crippen molar-refractivity contribution in [2.75, 3.05) is 20.7 Å². The lowest BCUT2D eigenvalue weighted by Crippen LogP contribution is -2.42. The van der Waals surface area contributed by atoms with Crippen molar-refractivity contribution in [3.63, 3.8) is 0 Å². The number of aromatic amines is 2. The van der Waals surface area contributed by atoms with E-state index in [1.54, 1.807) is 16.8 Å². The molecule has 166 valence electrons. The van der Waals surface area contributed by atoms with Gasteiger partial charge in [-0.15, -0.1) is 0 Å². The summed E-state index contributed by atoms with van der Waals surface area (Å²) in [5.74, 6) is -0.686. The molecule has 1 aromatic carbocycles. The molecule has 0 spiro atoms. The highest BCUT2D eigenvalue weighted by molar-refractivity contribution is 5.99. The summed E-state index contributed by atoms with van der Waals surface area (Å²) in [6, 6.07) is 9.61. The van der Waals surface area contributed by atoms with Gasteiger partial charge in [-0.05, 0) is 25.0 Å². The van der Waals surface area contributed by atoms with Crippen LogP contribution in [-0.4, -0.2) is 69.0 Å². The van der Waals surface area contributed by atoms with Crippen molar-refractivity contribution in [2.24, 2.45) is 0 Å². The number of benzene rings is 1. The third kappa shape index (κ3) is 3.34. The highest BCUT2D eigenvalue weighted by atomic mass is 16.5. The molecule has 0 bridgehead atoms. The van der Waals surface area contributed by atoms with Gasteiger partial charge < -0.3 is 19.5 Å². The van der Waals surface area contributed by atoms with Gasteiger partial charge in [-0.1, -0.05) is 18.2 Å². The summed E-state index contributed by atoms with van der Waals surface area (Å²) in [6.07, 6.45) is 2.27. The van der Waals surface area contributed by atoms with Crippen LogP contribution >= 0.6 is 0 Å². The van der Waals surface area contributed by atoms with Gasteiger partial charge in [0.2, 0.25) is 0 Å². The Morgan fingerprint density at radius 2 is 2.03 bits per heavy atom. The summed E-state index contributed by atoms with van der Waals surface area (Å²) < 4.78 is 4.80. The highest BCUT2D eigenvalue weighted by Gasteiger charge is 2.51. The van der Waals surface area contributed by atoms with Crippen molar-refractivity contribution in [3.05, 3.63) is 53.0 Å². The van der Waals surface area contributed by atoms with E-state index in [0.717, 1.165) is 35.0 Å². The number of fused-ring (bicyclic) bond motifs is 2. The van der Waals surface area contributed by atoms with Crippen molar-refractivity contribution in [2.45, 2.75) is 37.8 Å². The molecule has 2 aromatic heterocycles. The maximum absolute atomic E-state index is 13.3. The van der Waals surface area contributed by atoms with Gasteiger partial charge in [0.25, 0.3) is 11.8 Å². The van der Waals surface area contributed by atoms with E-state index in [1.807, 2.05) is 30.3 Å². The Labute approximate surface area is 184 Å². The van der Waals surface area contributed by atoms with Gasteiger partial charge in [-0.25, -0.2) is 0 Å². The van der Waals surface area contributed by atoms with Gasteiger partial charge in [-0.3, -0.25) is 19.5 Å². The molecule has 9 nitrogen and oxygen atoms in total. The van der Waals surface area contributed by atoms with Crippen LogP contribution in [-0.2, 0) is 22.5 Å². The fourth-order valence-corrected chi connectivity index (χ4v) is 4.49. The van der Waals surface area contributed by atoms with Crippen molar-refractivity contribution >= 4 is 28.7 Å². The number of nitrogens with zero attached hydrogens (tertiary/aromatic N) is 3. The number of nitrogens with one attached hydrogen (secondary N) is 2. The number of esters is 1. The zero-order valence-electron chi connectivity index (χ0n) is 18.1. The Morgan fingerprint density at radius 3 is 2.75 bits per heavy atom. The van der Waals surface area contributed by atoms with E-state index < -0.39 is 5.54 Å². The van der Waals surface area contributed by atoms with E-state index in [4.69, 9.17) is 4.74 Å². The van der Waals surface area contributed by atoms with Crippen molar-refractivity contribution in [3.8, 4) is 0 Å².